The number of carbonyl (C=O) groups is 3. The van der Waals surface area contributed by atoms with Crippen molar-refractivity contribution in [3.63, 3.8) is 0 Å². The molecule has 11 nitrogen and oxygen atoms in total. The van der Waals surface area contributed by atoms with Crippen LogP contribution in [0.4, 0.5) is 13.2 Å². The molecule has 2 rings (SSSR count). The summed E-state index contributed by atoms with van der Waals surface area (Å²) in [6.07, 6.45) is -2.46. The zero-order valence-corrected chi connectivity index (χ0v) is 20.5. The molecule has 2 unspecified atom stereocenters. The number of alkyl halides is 3. The highest BCUT2D eigenvalue weighted by atomic mass is 31.2. The molecule has 1 aromatic rings. The molecule has 2 amide bonds. The zero-order valence-electron chi connectivity index (χ0n) is 19.6. The van der Waals surface area contributed by atoms with E-state index in [0.717, 1.165) is 18.3 Å². The molecule has 1 saturated heterocycles. The molecule has 198 valence electrons. The van der Waals surface area contributed by atoms with E-state index in [1.54, 1.807) is 6.92 Å². The first-order chi connectivity index (χ1) is 17.0. The van der Waals surface area contributed by atoms with E-state index < -0.39 is 38.1 Å². The molecule has 1 aromatic carbocycles. The average molecular weight is 532 g/mol. The highest BCUT2D eigenvalue weighted by Crippen LogP contribution is 2.41. The van der Waals surface area contributed by atoms with Crippen molar-refractivity contribution in [1.82, 2.24) is 20.4 Å². The standard InChI is InChI=1S/C21H28F3N6O5P/c1-13(20(33)34-2)29-36(35-16-5-3-14(4-6-16)21(22,23)24)30-9-7-15(8-10-30)28-19(32)18(26)17(11-25)27-12-31/h3-6,11-13,15,25,29H,7-10,26H2,1-2H3,(H,27,31)(H,28,32)/b18-17+,25-11?. The molecule has 1 heterocycles. The second-order valence-corrected chi connectivity index (χ2v) is 9.25. The van der Waals surface area contributed by atoms with E-state index in [2.05, 4.69) is 15.7 Å². The summed E-state index contributed by atoms with van der Waals surface area (Å²) in [4.78, 5) is 34.9. The molecule has 0 bridgehead atoms. The van der Waals surface area contributed by atoms with Gasteiger partial charge in [-0.25, -0.2) is 9.76 Å². The first kappa shape index (κ1) is 29.0. The first-order valence-corrected chi connectivity index (χ1v) is 12.0. The fourth-order valence-electron chi connectivity index (χ4n) is 3.20. The number of piperidine rings is 1. The van der Waals surface area contributed by atoms with Crippen molar-refractivity contribution < 1.29 is 36.8 Å². The number of esters is 1. The summed E-state index contributed by atoms with van der Waals surface area (Å²) in [6, 6.07) is 3.22. The van der Waals surface area contributed by atoms with E-state index in [1.165, 1.54) is 19.2 Å². The van der Waals surface area contributed by atoms with Crippen LogP contribution in [0.2, 0.25) is 0 Å². The SMILES string of the molecule is COC(=O)C(C)NP(Oc1ccc(C(F)(F)F)cc1)N1CCC(NC(=O)/C(N)=C(/C=N)NC=O)CC1. The topological polar surface area (TPSA) is 159 Å². The number of amides is 2. The van der Waals surface area contributed by atoms with Crippen molar-refractivity contribution in [2.24, 2.45) is 5.73 Å². The van der Waals surface area contributed by atoms with Gasteiger partial charge >= 0.3 is 12.1 Å². The van der Waals surface area contributed by atoms with Gasteiger partial charge in [0.1, 0.15) is 17.5 Å². The molecule has 36 heavy (non-hydrogen) atoms. The summed E-state index contributed by atoms with van der Waals surface area (Å²) < 4.78 is 51.2. The van der Waals surface area contributed by atoms with Crippen LogP contribution in [0.1, 0.15) is 25.3 Å². The normalized spacial score (nSPS) is 17.2. The van der Waals surface area contributed by atoms with Gasteiger partial charge in [0.2, 0.25) is 14.9 Å². The molecule has 0 aliphatic carbocycles. The second-order valence-electron chi connectivity index (χ2n) is 7.70. The molecule has 1 aliphatic rings. The van der Waals surface area contributed by atoms with Crippen LogP contribution in [0, 0.1) is 5.41 Å². The molecule has 0 spiro atoms. The lowest BCUT2D eigenvalue weighted by molar-refractivity contribution is -0.142. The number of hydrogen-bond donors (Lipinski definition) is 5. The molecule has 2 atom stereocenters. The number of hydrogen-bond acceptors (Lipinski definition) is 9. The van der Waals surface area contributed by atoms with Gasteiger partial charge in [0.05, 0.1) is 18.4 Å². The van der Waals surface area contributed by atoms with Crippen LogP contribution < -0.4 is 26.0 Å². The lowest BCUT2D eigenvalue weighted by atomic mass is 10.1. The summed E-state index contributed by atoms with van der Waals surface area (Å²) >= 11 is 0. The first-order valence-electron chi connectivity index (χ1n) is 10.8. The largest absolute Gasteiger partial charge is 0.468 e. The quantitative estimate of drug-likeness (QED) is 0.0945. The number of nitrogens with one attached hydrogen (secondary N) is 4. The fraction of sp³-hybridized carbons (Fsp3) is 0.429. The van der Waals surface area contributed by atoms with Crippen molar-refractivity contribution in [3.05, 3.63) is 41.2 Å². The van der Waals surface area contributed by atoms with Gasteiger partial charge in [-0.05, 0) is 44.0 Å². The maximum absolute atomic E-state index is 12.9. The fourth-order valence-corrected chi connectivity index (χ4v) is 4.89. The summed E-state index contributed by atoms with van der Waals surface area (Å²) in [7, 11) is -0.426. The van der Waals surface area contributed by atoms with Gasteiger partial charge in [0, 0.05) is 25.3 Å². The number of allylic oxidation sites excluding steroid dienone is 1. The number of halogens is 3. The maximum Gasteiger partial charge on any atom is 0.416 e. The number of nitrogens with zero attached hydrogens (tertiary/aromatic N) is 1. The molecule has 1 aliphatic heterocycles. The molecular weight excluding hydrogens is 504 g/mol. The predicted octanol–water partition coefficient (Wildman–Crippen LogP) is 1.61. The Labute approximate surface area is 207 Å². The van der Waals surface area contributed by atoms with Crippen LogP contribution in [0.3, 0.4) is 0 Å². The predicted molar refractivity (Wildman–Crippen MR) is 126 cm³/mol. The van der Waals surface area contributed by atoms with Gasteiger partial charge in [0.25, 0.3) is 5.91 Å². The third-order valence-corrected chi connectivity index (χ3v) is 7.10. The van der Waals surface area contributed by atoms with Crippen molar-refractivity contribution in [2.45, 2.75) is 38.0 Å². The van der Waals surface area contributed by atoms with Crippen molar-refractivity contribution >= 4 is 33.0 Å². The zero-order chi connectivity index (χ0) is 26.9. The lowest BCUT2D eigenvalue weighted by Gasteiger charge is -2.37. The average Bonchev–Trinajstić information content (AvgIpc) is 2.86. The van der Waals surface area contributed by atoms with Crippen molar-refractivity contribution in [2.75, 3.05) is 20.2 Å². The van der Waals surface area contributed by atoms with Crippen molar-refractivity contribution in [3.8, 4) is 5.75 Å². The summed E-state index contributed by atoms with van der Waals surface area (Å²) in [5.41, 5.74) is 4.47. The van der Waals surface area contributed by atoms with Gasteiger partial charge in [-0.2, -0.15) is 13.2 Å². The number of benzene rings is 1. The molecule has 1 fully saturated rings. The van der Waals surface area contributed by atoms with E-state index in [-0.39, 0.29) is 23.2 Å². The number of methoxy groups -OCH3 is 1. The Bertz CT molecular complexity index is 968. The smallest absolute Gasteiger partial charge is 0.416 e. The van der Waals surface area contributed by atoms with Gasteiger partial charge in [0.15, 0.2) is 0 Å². The summed E-state index contributed by atoms with van der Waals surface area (Å²) in [5, 5.41) is 15.2. The van der Waals surface area contributed by atoms with Gasteiger partial charge in [-0.1, -0.05) is 0 Å². The van der Waals surface area contributed by atoms with Crippen LogP contribution in [0.15, 0.2) is 35.7 Å². The Morgan fingerprint density at radius 2 is 1.86 bits per heavy atom. The molecule has 0 aromatic heterocycles. The van der Waals surface area contributed by atoms with Crippen LogP contribution in [-0.4, -0.2) is 61.5 Å². The van der Waals surface area contributed by atoms with E-state index in [4.69, 9.17) is 20.4 Å². The minimum absolute atomic E-state index is 0.130. The molecule has 0 saturated carbocycles. The third kappa shape index (κ3) is 8.18. The maximum atomic E-state index is 12.9. The Hall–Kier alpha value is -3.22. The summed E-state index contributed by atoms with van der Waals surface area (Å²) in [6.45, 7) is 2.42. The highest BCUT2D eigenvalue weighted by molar-refractivity contribution is 7.48. The van der Waals surface area contributed by atoms with Gasteiger partial charge in [-0.3, -0.25) is 14.4 Å². The molecule has 6 N–H and O–H groups in total. The third-order valence-electron chi connectivity index (χ3n) is 5.19. The Balaban J connectivity index is 2.08. The van der Waals surface area contributed by atoms with Crippen LogP contribution in [-0.2, 0) is 25.3 Å². The van der Waals surface area contributed by atoms with Crippen LogP contribution >= 0.6 is 8.45 Å². The van der Waals surface area contributed by atoms with Crippen LogP contribution in [0.25, 0.3) is 0 Å². The molecule has 15 heteroatoms. The Morgan fingerprint density at radius 1 is 1.25 bits per heavy atom. The monoisotopic (exact) mass is 532 g/mol. The van der Waals surface area contributed by atoms with Gasteiger partial charge in [-0.15, -0.1) is 0 Å². The van der Waals surface area contributed by atoms with Crippen LogP contribution in [0.5, 0.6) is 5.75 Å². The van der Waals surface area contributed by atoms with E-state index in [0.29, 0.717) is 32.3 Å². The number of rotatable bonds is 11. The number of ether oxygens (including phenoxy) is 1. The summed E-state index contributed by atoms with van der Waals surface area (Å²) in [5.74, 6) is -0.982. The molecule has 0 radical (unpaired) electrons. The number of carbonyl (C=O) groups excluding carboxylic acids is 3. The second kappa shape index (κ2) is 13.2. The minimum Gasteiger partial charge on any atom is -0.468 e. The van der Waals surface area contributed by atoms with E-state index >= 15 is 0 Å². The molecular formula is C21H28F3N6O5P. The Morgan fingerprint density at radius 3 is 2.36 bits per heavy atom. The minimum atomic E-state index is -4.48. The van der Waals surface area contributed by atoms with Crippen molar-refractivity contribution in [1.29, 1.82) is 5.41 Å². The van der Waals surface area contributed by atoms with Gasteiger partial charge < -0.3 is 31.0 Å². The van der Waals surface area contributed by atoms with E-state index in [9.17, 15) is 27.6 Å². The highest BCUT2D eigenvalue weighted by Gasteiger charge is 2.33. The lowest BCUT2D eigenvalue weighted by Crippen LogP contribution is -2.47. The number of nitrogens with two attached hydrogens (primary N) is 1. The Kier molecular flexibility index (Phi) is 10.6. The van der Waals surface area contributed by atoms with E-state index in [1.807, 2.05) is 4.67 Å².